The highest BCUT2D eigenvalue weighted by atomic mass is 16.6. The largest absolute Gasteiger partial charge is 0.379 e. The molecule has 0 aromatic heterocycles. The van der Waals surface area contributed by atoms with E-state index in [4.69, 9.17) is 14.2 Å². The Kier molecular flexibility index (Phi) is 13.2. The van der Waals surface area contributed by atoms with Crippen LogP contribution < -0.4 is 0 Å². The molecule has 18 heavy (non-hydrogen) atoms. The molecule has 110 valence electrons. The Labute approximate surface area is 113 Å². The van der Waals surface area contributed by atoms with E-state index in [9.17, 15) is 0 Å². The van der Waals surface area contributed by atoms with Gasteiger partial charge in [0.25, 0.3) is 0 Å². The van der Waals surface area contributed by atoms with Crippen molar-refractivity contribution in [2.75, 3.05) is 26.4 Å². The molecule has 0 bridgehead atoms. The highest BCUT2D eigenvalue weighted by Crippen LogP contribution is 2.02. The molecule has 2 unspecified atom stereocenters. The summed E-state index contributed by atoms with van der Waals surface area (Å²) >= 11 is 0. The van der Waals surface area contributed by atoms with Crippen LogP contribution in [-0.4, -0.2) is 38.6 Å². The lowest BCUT2D eigenvalue weighted by molar-refractivity contribution is -0.0708. The third-order valence-electron chi connectivity index (χ3n) is 2.66. The van der Waals surface area contributed by atoms with Gasteiger partial charge in [0.2, 0.25) is 0 Å². The summed E-state index contributed by atoms with van der Waals surface area (Å²) < 4.78 is 16.8. The normalized spacial score (nSPS) is 14.7. The lowest BCUT2D eigenvalue weighted by Crippen LogP contribution is -2.25. The van der Waals surface area contributed by atoms with Gasteiger partial charge in [-0.3, -0.25) is 0 Å². The molecule has 0 radical (unpaired) electrons. The molecule has 0 saturated carbocycles. The molecule has 0 N–H and O–H groups in total. The average Bonchev–Trinajstić information content (AvgIpc) is 2.34. The molecule has 0 fully saturated rings. The standard InChI is InChI=1S/C15H32O3/c1-5-7-8-9-11-17-13-15(4)18-14(3)12-16-10-6-2/h14-15H,5-13H2,1-4H3. The highest BCUT2D eigenvalue weighted by Gasteiger charge is 2.08. The molecule has 2 atom stereocenters. The predicted molar refractivity (Wildman–Crippen MR) is 76.1 cm³/mol. The van der Waals surface area contributed by atoms with Crippen molar-refractivity contribution in [1.82, 2.24) is 0 Å². The molecule has 0 aromatic rings. The fraction of sp³-hybridized carbons (Fsp3) is 1.00. The van der Waals surface area contributed by atoms with Crippen LogP contribution in [0.4, 0.5) is 0 Å². The van der Waals surface area contributed by atoms with Crippen molar-refractivity contribution in [2.24, 2.45) is 0 Å². The van der Waals surface area contributed by atoms with Crippen molar-refractivity contribution in [3.8, 4) is 0 Å². The van der Waals surface area contributed by atoms with Gasteiger partial charge in [0.05, 0.1) is 25.4 Å². The fourth-order valence-corrected chi connectivity index (χ4v) is 1.75. The van der Waals surface area contributed by atoms with E-state index in [-0.39, 0.29) is 12.2 Å². The molecule has 0 saturated heterocycles. The van der Waals surface area contributed by atoms with E-state index in [1.54, 1.807) is 0 Å². The second-order valence-corrected chi connectivity index (χ2v) is 4.97. The molecule has 3 nitrogen and oxygen atoms in total. The summed E-state index contributed by atoms with van der Waals surface area (Å²) in [6.07, 6.45) is 6.37. The molecule has 0 aliphatic heterocycles. The van der Waals surface area contributed by atoms with Gasteiger partial charge >= 0.3 is 0 Å². The van der Waals surface area contributed by atoms with Gasteiger partial charge in [-0.25, -0.2) is 0 Å². The maximum absolute atomic E-state index is 5.77. The van der Waals surface area contributed by atoms with Crippen LogP contribution in [0, 0.1) is 0 Å². The van der Waals surface area contributed by atoms with Gasteiger partial charge in [0.15, 0.2) is 0 Å². The van der Waals surface area contributed by atoms with Crippen molar-refractivity contribution in [2.45, 2.75) is 72.0 Å². The van der Waals surface area contributed by atoms with E-state index in [1.165, 1.54) is 19.3 Å². The predicted octanol–water partition coefficient (Wildman–Crippen LogP) is 3.80. The van der Waals surface area contributed by atoms with E-state index in [2.05, 4.69) is 20.8 Å². The number of unbranched alkanes of at least 4 members (excludes halogenated alkanes) is 3. The lowest BCUT2D eigenvalue weighted by Gasteiger charge is -2.19. The number of ether oxygens (including phenoxy) is 3. The van der Waals surface area contributed by atoms with Crippen LogP contribution in [0.15, 0.2) is 0 Å². The van der Waals surface area contributed by atoms with E-state index in [0.717, 1.165) is 26.1 Å². The minimum atomic E-state index is 0.148. The van der Waals surface area contributed by atoms with E-state index in [1.807, 2.05) is 6.92 Å². The Morgan fingerprint density at radius 2 is 1.33 bits per heavy atom. The van der Waals surface area contributed by atoms with Crippen LogP contribution in [-0.2, 0) is 14.2 Å². The minimum absolute atomic E-state index is 0.148. The van der Waals surface area contributed by atoms with E-state index in [0.29, 0.717) is 13.2 Å². The van der Waals surface area contributed by atoms with Gasteiger partial charge in [0.1, 0.15) is 0 Å². The number of rotatable bonds is 13. The third kappa shape index (κ3) is 12.3. The monoisotopic (exact) mass is 260 g/mol. The molecule has 0 heterocycles. The summed E-state index contributed by atoms with van der Waals surface area (Å²) in [6, 6.07) is 0. The maximum atomic E-state index is 5.77. The Balaban J connectivity index is 3.32. The fourth-order valence-electron chi connectivity index (χ4n) is 1.75. The van der Waals surface area contributed by atoms with Gasteiger partial charge in [-0.05, 0) is 26.7 Å². The first-order valence-corrected chi connectivity index (χ1v) is 7.51. The van der Waals surface area contributed by atoms with Crippen molar-refractivity contribution in [1.29, 1.82) is 0 Å². The summed E-state index contributed by atoms with van der Waals surface area (Å²) in [7, 11) is 0. The second kappa shape index (κ2) is 13.3. The Bertz CT molecular complexity index is 162. The summed E-state index contributed by atoms with van der Waals surface area (Å²) in [5.41, 5.74) is 0. The third-order valence-corrected chi connectivity index (χ3v) is 2.66. The molecule has 3 heteroatoms. The average molecular weight is 260 g/mol. The molecule has 0 aliphatic carbocycles. The highest BCUT2D eigenvalue weighted by molar-refractivity contribution is 4.54. The van der Waals surface area contributed by atoms with E-state index < -0.39 is 0 Å². The molecule has 0 aliphatic rings. The smallest absolute Gasteiger partial charge is 0.0785 e. The SMILES string of the molecule is CCCCCCOCC(C)OC(C)COCCC. The van der Waals surface area contributed by atoms with Crippen LogP contribution >= 0.6 is 0 Å². The van der Waals surface area contributed by atoms with Gasteiger partial charge < -0.3 is 14.2 Å². The van der Waals surface area contributed by atoms with Crippen molar-refractivity contribution in [3.05, 3.63) is 0 Å². The molecule has 0 aromatic carbocycles. The summed E-state index contributed by atoms with van der Waals surface area (Å²) in [5.74, 6) is 0. The first kappa shape index (κ1) is 17.9. The van der Waals surface area contributed by atoms with Crippen LogP contribution in [0.5, 0.6) is 0 Å². The van der Waals surface area contributed by atoms with Crippen molar-refractivity contribution < 1.29 is 14.2 Å². The molecular weight excluding hydrogens is 228 g/mol. The second-order valence-electron chi connectivity index (χ2n) is 4.97. The molecule has 0 amide bonds. The minimum Gasteiger partial charge on any atom is -0.379 e. The summed E-state index contributed by atoms with van der Waals surface area (Å²) in [4.78, 5) is 0. The van der Waals surface area contributed by atoms with Crippen LogP contribution in [0.2, 0.25) is 0 Å². The topological polar surface area (TPSA) is 27.7 Å². The zero-order valence-electron chi connectivity index (χ0n) is 12.7. The maximum Gasteiger partial charge on any atom is 0.0785 e. The zero-order valence-corrected chi connectivity index (χ0v) is 12.7. The quantitative estimate of drug-likeness (QED) is 0.471. The molecule has 0 spiro atoms. The molecular formula is C15H32O3. The van der Waals surface area contributed by atoms with Gasteiger partial charge in [-0.1, -0.05) is 33.1 Å². The van der Waals surface area contributed by atoms with Gasteiger partial charge in [0, 0.05) is 13.2 Å². The first-order valence-electron chi connectivity index (χ1n) is 7.51. The van der Waals surface area contributed by atoms with Crippen molar-refractivity contribution in [3.63, 3.8) is 0 Å². The van der Waals surface area contributed by atoms with E-state index >= 15 is 0 Å². The Morgan fingerprint density at radius 3 is 1.89 bits per heavy atom. The van der Waals surface area contributed by atoms with Gasteiger partial charge in [-0.2, -0.15) is 0 Å². The number of hydrogen-bond donors (Lipinski definition) is 0. The zero-order chi connectivity index (χ0) is 13.6. The summed E-state index contributed by atoms with van der Waals surface area (Å²) in [5, 5.41) is 0. The van der Waals surface area contributed by atoms with Crippen molar-refractivity contribution >= 4 is 0 Å². The number of hydrogen-bond acceptors (Lipinski definition) is 3. The van der Waals surface area contributed by atoms with Crippen LogP contribution in [0.3, 0.4) is 0 Å². The van der Waals surface area contributed by atoms with Gasteiger partial charge in [-0.15, -0.1) is 0 Å². The Hall–Kier alpha value is -0.120. The Morgan fingerprint density at radius 1 is 0.722 bits per heavy atom. The van der Waals surface area contributed by atoms with Crippen LogP contribution in [0.1, 0.15) is 59.8 Å². The summed E-state index contributed by atoms with van der Waals surface area (Å²) in [6.45, 7) is 11.5. The first-order chi connectivity index (χ1) is 8.70. The molecule has 0 rings (SSSR count). The van der Waals surface area contributed by atoms with Crippen LogP contribution in [0.25, 0.3) is 0 Å². The lowest BCUT2D eigenvalue weighted by atomic mass is 10.2.